The van der Waals surface area contributed by atoms with Crippen LogP contribution in [0.4, 0.5) is 4.39 Å². The van der Waals surface area contributed by atoms with E-state index in [0.717, 1.165) is 19.3 Å². The molecule has 0 saturated heterocycles. The zero-order valence-corrected chi connectivity index (χ0v) is 11.5. The molecule has 0 aromatic heterocycles. The summed E-state index contributed by atoms with van der Waals surface area (Å²) in [6.07, 6.45) is 3.22. The number of halogens is 2. The predicted molar refractivity (Wildman–Crippen MR) is 71.9 cm³/mol. The molecule has 0 heterocycles. The van der Waals surface area contributed by atoms with Gasteiger partial charge in [-0.15, -0.1) is 0 Å². The van der Waals surface area contributed by atoms with Gasteiger partial charge in [-0.1, -0.05) is 44.4 Å². The molecule has 0 aliphatic heterocycles. The molecule has 0 radical (unpaired) electrons. The highest BCUT2D eigenvalue weighted by atomic mass is 35.5. The SMILES string of the molecule is CCC(CC)CC(NC)c1ccc(Cl)cc1F. The summed E-state index contributed by atoms with van der Waals surface area (Å²) in [5.74, 6) is 0.408. The predicted octanol–water partition coefficient (Wildman–Crippen LogP) is 4.57. The minimum absolute atomic E-state index is 0.0668. The van der Waals surface area contributed by atoms with Crippen LogP contribution >= 0.6 is 11.6 Å². The molecule has 1 atom stereocenters. The Labute approximate surface area is 108 Å². The highest BCUT2D eigenvalue weighted by molar-refractivity contribution is 6.30. The molecule has 1 rings (SSSR count). The van der Waals surface area contributed by atoms with Crippen molar-refractivity contribution in [1.29, 1.82) is 0 Å². The fourth-order valence-corrected chi connectivity index (χ4v) is 2.30. The minimum atomic E-state index is -0.220. The van der Waals surface area contributed by atoms with E-state index in [-0.39, 0.29) is 11.9 Å². The van der Waals surface area contributed by atoms with Crippen LogP contribution in [-0.2, 0) is 0 Å². The van der Waals surface area contributed by atoms with Crippen LogP contribution in [0, 0.1) is 11.7 Å². The van der Waals surface area contributed by atoms with Crippen molar-refractivity contribution in [2.45, 2.75) is 39.2 Å². The van der Waals surface area contributed by atoms with Crippen molar-refractivity contribution >= 4 is 11.6 Å². The van der Waals surface area contributed by atoms with E-state index in [1.165, 1.54) is 6.07 Å². The van der Waals surface area contributed by atoms with Crippen molar-refractivity contribution in [1.82, 2.24) is 5.32 Å². The summed E-state index contributed by atoms with van der Waals surface area (Å²) >= 11 is 5.76. The first-order valence-corrected chi connectivity index (χ1v) is 6.62. The van der Waals surface area contributed by atoms with E-state index in [1.54, 1.807) is 12.1 Å². The normalized spacial score (nSPS) is 13.1. The third-order valence-corrected chi connectivity index (χ3v) is 3.65. The van der Waals surface area contributed by atoms with E-state index < -0.39 is 0 Å². The Hall–Kier alpha value is -0.600. The summed E-state index contributed by atoms with van der Waals surface area (Å²) in [4.78, 5) is 0. The average molecular weight is 258 g/mol. The monoisotopic (exact) mass is 257 g/mol. The van der Waals surface area contributed by atoms with E-state index in [4.69, 9.17) is 11.6 Å². The Kier molecular flexibility index (Phi) is 5.93. The Morgan fingerprint density at radius 2 is 1.94 bits per heavy atom. The van der Waals surface area contributed by atoms with Crippen LogP contribution < -0.4 is 5.32 Å². The molecule has 1 aromatic carbocycles. The fourth-order valence-electron chi connectivity index (χ4n) is 2.14. The van der Waals surface area contributed by atoms with Crippen LogP contribution in [0.15, 0.2) is 18.2 Å². The number of rotatable bonds is 6. The Morgan fingerprint density at radius 1 is 1.29 bits per heavy atom. The van der Waals surface area contributed by atoms with Gasteiger partial charge in [0.1, 0.15) is 5.82 Å². The molecule has 1 N–H and O–H groups in total. The number of nitrogens with one attached hydrogen (secondary N) is 1. The molecule has 3 heteroatoms. The van der Waals surface area contributed by atoms with Crippen LogP contribution in [0.25, 0.3) is 0 Å². The van der Waals surface area contributed by atoms with Gasteiger partial charge in [0.05, 0.1) is 0 Å². The summed E-state index contributed by atoms with van der Waals surface area (Å²) in [7, 11) is 1.88. The first-order valence-electron chi connectivity index (χ1n) is 6.24. The van der Waals surface area contributed by atoms with E-state index in [2.05, 4.69) is 19.2 Å². The maximum atomic E-state index is 13.8. The van der Waals surface area contributed by atoms with Crippen LogP contribution in [0.5, 0.6) is 0 Å². The van der Waals surface area contributed by atoms with E-state index >= 15 is 0 Å². The van der Waals surface area contributed by atoms with Crippen molar-refractivity contribution in [3.8, 4) is 0 Å². The van der Waals surface area contributed by atoms with Gasteiger partial charge in [-0.05, 0) is 31.5 Å². The summed E-state index contributed by atoms with van der Waals surface area (Å²) in [6.45, 7) is 4.36. The van der Waals surface area contributed by atoms with Gasteiger partial charge in [0.2, 0.25) is 0 Å². The maximum absolute atomic E-state index is 13.8. The standard InChI is InChI=1S/C14H21ClFN/c1-4-10(5-2)8-14(17-3)12-7-6-11(15)9-13(12)16/h6-7,9-10,14,17H,4-5,8H2,1-3H3. The summed E-state index contributed by atoms with van der Waals surface area (Å²) in [5.41, 5.74) is 0.712. The van der Waals surface area contributed by atoms with Crippen molar-refractivity contribution in [2.75, 3.05) is 7.05 Å². The van der Waals surface area contributed by atoms with Gasteiger partial charge in [0.25, 0.3) is 0 Å². The van der Waals surface area contributed by atoms with Gasteiger partial charge in [0, 0.05) is 16.6 Å². The Bertz CT molecular complexity index is 350. The van der Waals surface area contributed by atoms with Crippen molar-refractivity contribution in [2.24, 2.45) is 5.92 Å². The lowest BCUT2D eigenvalue weighted by molar-refractivity contribution is 0.378. The second kappa shape index (κ2) is 6.97. The molecule has 0 fully saturated rings. The second-order valence-corrected chi connectivity index (χ2v) is 4.86. The topological polar surface area (TPSA) is 12.0 Å². The van der Waals surface area contributed by atoms with Crippen LogP contribution in [0.1, 0.15) is 44.7 Å². The molecular formula is C14H21ClFN. The molecule has 0 bridgehead atoms. The number of hydrogen-bond acceptors (Lipinski definition) is 1. The maximum Gasteiger partial charge on any atom is 0.129 e. The van der Waals surface area contributed by atoms with Gasteiger partial charge >= 0.3 is 0 Å². The summed E-state index contributed by atoms with van der Waals surface area (Å²) < 4.78 is 13.8. The zero-order chi connectivity index (χ0) is 12.8. The van der Waals surface area contributed by atoms with Gasteiger partial charge in [0.15, 0.2) is 0 Å². The van der Waals surface area contributed by atoms with E-state index in [1.807, 2.05) is 7.05 Å². The molecule has 0 saturated carbocycles. The molecule has 17 heavy (non-hydrogen) atoms. The minimum Gasteiger partial charge on any atom is -0.313 e. The van der Waals surface area contributed by atoms with Crippen LogP contribution in [0.3, 0.4) is 0 Å². The molecule has 0 amide bonds. The molecular weight excluding hydrogens is 237 g/mol. The van der Waals surface area contributed by atoms with Gasteiger partial charge in [-0.25, -0.2) is 4.39 Å². The van der Waals surface area contributed by atoms with E-state index in [9.17, 15) is 4.39 Å². The fraction of sp³-hybridized carbons (Fsp3) is 0.571. The first-order chi connectivity index (χ1) is 8.12. The zero-order valence-electron chi connectivity index (χ0n) is 10.8. The average Bonchev–Trinajstić information content (AvgIpc) is 2.32. The largest absolute Gasteiger partial charge is 0.313 e. The number of hydrogen-bond donors (Lipinski definition) is 1. The third kappa shape index (κ3) is 3.97. The summed E-state index contributed by atoms with van der Waals surface area (Å²) in [6, 6.07) is 4.98. The Balaban J connectivity index is 2.85. The molecule has 96 valence electrons. The molecule has 1 aromatic rings. The lowest BCUT2D eigenvalue weighted by Gasteiger charge is -2.22. The second-order valence-electron chi connectivity index (χ2n) is 4.43. The van der Waals surface area contributed by atoms with Crippen LogP contribution in [0.2, 0.25) is 5.02 Å². The molecule has 0 aliphatic rings. The molecule has 1 unspecified atom stereocenters. The van der Waals surface area contributed by atoms with Gasteiger partial charge in [-0.3, -0.25) is 0 Å². The lowest BCUT2D eigenvalue weighted by Crippen LogP contribution is -2.20. The van der Waals surface area contributed by atoms with Crippen molar-refractivity contribution in [3.63, 3.8) is 0 Å². The lowest BCUT2D eigenvalue weighted by atomic mass is 9.91. The smallest absolute Gasteiger partial charge is 0.129 e. The van der Waals surface area contributed by atoms with Gasteiger partial charge < -0.3 is 5.32 Å². The van der Waals surface area contributed by atoms with Crippen LogP contribution in [-0.4, -0.2) is 7.05 Å². The molecule has 0 spiro atoms. The first kappa shape index (κ1) is 14.5. The quantitative estimate of drug-likeness (QED) is 0.787. The highest BCUT2D eigenvalue weighted by Crippen LogP contribution is 2.28. The third-order valence-electron chi connectivity index (χ3n) is 3.41. The number of benzene rings is 1. The van der Waals surface area contributed by atoms with Crippen molar-refractivity contribution < 1.29 is 4.39 Å². The van der Waals surface area contributed by atoms with Gasteiger partial charge in [-0.2, -0.15) is 0 Å². The van der Waals surface area contributed by atoms with Crippen molar-refractivity contribution in [3.05, 3.63) is 34.6 Å². The summed E-state index contributed by atoms with van der Waals surface area (Å²) in [5, 5.41) is 3.64. The van der Waals surface area contributed by atoms with E-state index in [0.29, 0.717) is 16.5 Å². The molecule has 1 nitrogen and oxygen atoms in total. The molecule has 0 aliphatic carbocycles. The Morgan fingerprint density at radius 3 is 2.41 bits per heavy atom. The highest BCUT2D eigenvalue weighted by Gasteiger charge is 2.17.